The van der Waals surface area contributed by atoms with E-state index in [-0.39, 0.29) is 0 Å². The van der Waals surface area contributed by atoms with Crippen LogP contribution in [0.2, 0.25) is 0 Å². The third-order valence-corrected chi connectivity index (χ3v) is 14.0. The minimum Gasteiger partial charge on any atom is -0.0619 e. The Balaban J connectivity index is 1.14. The van der Waals surface area contributed by atoms with Gasteiger partial charge in [0.15, 0.2) is 0 Å². The summed E-state index contributed by atoms with van der Waals surface area (Å²) in [6.45, 7) is 4.45. The predicted octanol–water partition coefficient (Wildman–Crippen LogP) is 16.3. The Morgan fingerprint density at radius 1 is 0.262 bits per heavy atom. The molecule has 0 amide bonds. The number of hydrogen-bond acceptors (Lipinski definition) is 0. The highest BCUT2D eigenvalue weighted by atomic mass is 14.5. The standard InChI is InChI=1S/C61H40/c1-37-26-30-51-53(33-37)59(49-21-11-15-39-13-3-5-17-43(39)49)52-32-28-41(35-54(52)60(51)50-22-12-16-40-14-4-6-18-44(40)50)42-27-31-48-47-29-25-38(2)34-57(47)61(58(48)36-42)55-23-9-7-19-45(55)46-20-8-10-24-56(46)61/h3-36H,1-2H3. The van der Waals surface area contributed by atoms with E-state index >= 15 is 0 Å². The maximum absolute atomic E-state index is 2.53. The van der Waals surface area contributed by atoms with Gasteiger partial charge in [-0.2, -0.15) is 0 Å². The van der Waals surface area contributed by atoms with Gasteiger partial charge in [-0.3, -0.25) is 0 Å². The highest BCUT2D eigenvalue weighted by molar-refractivity contribution is 6.25. The van der Waals surface area contributed by atoms with Crippen LogP contribution >= 0.6 is 0 Å². The number of fused-ring (bicyclic) bond motifs is 14. The van der Waals surface area contributed by atoms with Crippen LogP contribution in [0.1, 0.15) is 33.4 Å². The first-order valence-electron chi connectivity index (χ1n) is 21.5. The van der Waals surface area contributed by atoms with E-state index in [0.717, 1.165) is 0 Å². The minimum absolute atomic E-state index is 0.402. The van der Waals surface area contributed by atoms with Gasteiger partial charge in [-0.1, -0.05) is 205 Å². The lowest BCUT2D eigenvalue weighted by molar-refractivity contribution is 0.793. The Morgan fingerprint density at radius 3 is 1.34 bits per heavy atom. The Kier molecular flexibility index (Phi) is 7.17. The van der Waals surface area contributed by atoms with Crippen molar-refractivity contribution in [3.05, 3.63) is 240 Å². The van der Waals surface area contributed by atoms with Crippen molar-refractivity contribution in [1.29, 1.82) is 0 Å². The summed E-state index contributed by atoms with van der Waals surface area (Å²) in [6.07, 6.45) is 0. The molecule has 11 aromatic rings. The zero-order chi connectivity index (χ0) is 40.4. The van der Waals surface area contributed by atoms with Crippen molar-refractivity contribution in [2.45, 2.75) is 19.3 Å². The average Bonchev–Trinajstić information content (AvgIpc) is 3.77. The van der Waals surface area contributed by atoms with E-state index < -0.39 is 5.41 Å². The van der Waals surface area contributed by atoms with E-state index in [1.165, 1.54) is 132 Å². The van der Waals surface area contributed by atoms with Crippen molar-refractivity contribution in [2.24, 2.45) is 0 Å². The van der Waals surface area contributed by atoms with Gasteiger partial charge in [0.05, 0.1) is 5.41 Å². The van der Waals surface area contributed by atoms with Crippen LogP contribution in [-0.2, 0) is 5.41 Å². The zero-order valence-corrected chi connectivity index (χ0v) is 34.1. The van der Waals surface area contributed by atoms with Crippen molar-refractivity contribution >= 4 is 43.1 Å². The third-order valence-electron chi connectivity index (χ3n) is 14.0. The van der Waals surface area contributed by atoms with E-state index in [1.54, 1.807) is 0 Å². The molecule has 0 heteroatoms. The second-order valence-corrected chi connectivity index (χ2v) is 17.3. The van der Waals surface area contributed by atoms with Crippen LogP contribution in [0.4, 0.5) is 0 Å². The normalized spacial score (nSPS) is 13.2. The zero-order valence-electron chi connectivity index (χ0n) is 34.1. The summed E-state index contributed by atoms with van der Waals surface area (Å²) in [5, 5.41) is 10.1. The van der Waals surface area contributed by atoms with Gasteiger partial charge in [0.25, 0.3) is 0 Å². The molecule has 1 spiro atoms. The number of rotatable bonds is 3. The lowest BCUT2D eigenvalue weighted by Gasteiger charge is -2.31. The second kappa shape index (κ2) is 12.7. The highest BCUT2D eigenvalue weighted by Gasteiger charge is 2.51. The van der Waals surface area contributed by atoms with Gasteiger partial charge in [0.2, 0.25) is 0 Å². The first kappa shape index (κ1) is 34.3. The molecule has 0 aliphatic heterocycles. The quantitative estimate of drug-likeness (QED) is 0.157. The lowest BCUT2D eigenvalue weighted by Crippen LogP contribution is -2.26. The SMILES string of the molecule is Cc1ccc2c(c1)C1(c3ccccc3-c3ccccc31)c1cc(-c3ccc4c(-c5cccc6ccccc56)c5cc(C)ccc5c(-c5cccc6ccccc56)c4c3)ccc1-2. The van der Waals surface area contributed by atoms with Gasteiger partial charge in [-0.15, -0.1) is 0 Å². The first-order valence-corrected chi connectivity index (χ1v) is 21.5. The monoisotopic (exact) mass is 772 g/mol. The summed E-state index contributed by atoms with van der Waals surface area (Å²) >= 11 is 0. The topological polar surface area (TPSA) is 0 Å². The molecule has 0 radical (unpaired) electrons. The molecule has 2 aliphatic rings. The summed E-state index contributed by atoms with van der Waals surface area (Å²) in [6, 6.07) is 78.2. The average molecular weight is 773 g/mol. The molecule has 0 aromatic heterocycles. The van der Waals surface area contributed by atoms with Gasteiger partial charge in [0, 0.05) is 0 Å². The highest BCUT2D eigenvalue weighted by Crippen LogP contribution is 2.63. The van der Waals surface area contributed by atoms with Gasteiger partial charge >= 0.3 is 0 Å². The van der Waals surface area contributed by atoms with E-state index in [0.29, 0.717) is 0 Å². The van der Waals surface area contributed by atoms with Crippen molar-refractivity contribution in [3.8, 4) is 55.6 Å². The maximum Gasteiger partial charge on any atom is 0.0725 e. The summed E-state index contributed by atoms with van der Waals surface area (Å²) in [7, 11) is 0. The molecule has 0 saturated carbocycles. The molecule has 2 aliphatic carbocycles. The molecule has 11 aromatic carbocycles. The number of aryl methyl sites for hydroxylation is 2. The second-order valence-electron chi connectivity index (χ2n) is 17.3. The van der Waals surface area contributed by atoms with E-state index in [1.807, 2.05) is 0 Å². The molecule has 0 heterocycles. The van der Waals surface area contributed by atoms with Crippen LogP contribution in [0, 0.1) is 13.8 Å². The largest absolute Gasteiger partial charge is 0.0725 e. The van der Waals surface area contributed by atoms with Crippen LogP contribution in [0.25, 0.3) is 98.7 Å². The van der Waals surface area contributed by atoms with Gasteiger partial charge in [0.1, 0.15) is 0 Å². The summed E-state index contributed by atoms with van der Waals surface area (Å²) in [5.41, 5.74) is 20.5. The molecular formula is C61H40. The first-order chi connectivity index (χ1) is 30.1. The molecule has 0 fully saturated rings. The maximum atomic E-state index is 2.53. The van der Waals surface area contributed by atoms with Crippen molar-refractivity contribution in [1.82, 2.24) is 0 Å². The van der Waals surface area contributed by atoms with Gasteiger partial charge in [-0.05, 0) is 147 Å². The molecule has 0 saturated heterocycles. The van der Waals surface area contributed by atoms with Gasteiger partial charge in [-0.25, -0.2) is 0 Å². The third kappa shape index (κ3) is 4.71. The molecule has 0 N–H and O–H groups in total. The van der Waals surface area contributed by atoms with Gasteiger partial charge < -0.3 is 0 Å². The van der Waals surface area contributed by atoms with Crippen LogP contribution in [0.3, 0.4) is 0 Å². The lowest BCUT2D eigenvalue weighted by atomic mass is 9.70. The molecule has 13 rings (SSSR count). The van der Waals surface area contributed by atoms with Crippen LogP contribution in [-0.4, -0.2) is 0 Å². The van der Waals surface area contributed by atoms with Crippen LogP contribution in [0.15, 0.2) is 206 Å². The smallest absolute Gasteiger partial charge is 0.0619 e. The number of hydrogen-bond donors (Lipinski definition) is 0. The molecule has 0 unspecified atom stereocenters. The predicted molar refractivity (Wildman–Crippen MR) is 259 cm³/mol. The van der Waals surface area contributed by atoms with Crippen molar-refractivity contribution in [3.63, 3.8) is 0 Å². The number of benzene rings is 11. The van der Waals surface area contributed by atoms with Crippen molar-refractivity contribution < 1.29 is 0 Å². The fraction of sp³-hybridized carbons (Fsp3) is 0.0492. The molecule has 284 valence electrons. The van der Waals surface area contributed by atoms with E-state index in [9.17, 15) is 0 Å². The van der Waals surface area contributed by atoms with Crippen LogP contribution < -0.4 is 0 Å². The molecule has 0 atom stereocenters. The molecule has 0 nitrogen and oxygen atoms in total. The van der Waals surface area contributed by atoms with Crippen LogP contribution in [0.5, 0.6) is 0 Å². The fourth-order valence-electron chi connectivity index (χ4n) is 11.4. The summed E-state index contributed by atoms with van der Waals surface area (Å²) in [5.74, 6) is 0. The molecule has 0 bridgehead atoms. The van der Waals surface area contributed by atoms with E-state index in [2.05, 4.69) is 220 Å². The molecule has 61 heavy (non-hydrogen) atoms. The fourth-order valence-corrected chi connectivity index (χ4v) is 11.4. The minimum atomic E-state index is -0.402. The Bertz CT molecular complexity index is 3620. The van der Waals surface area contributed by atoms with E-state index in [4.69, 9.17) is 0 Å². The summed E-state index contributed by atoms with van der Waals surface area (Å²) in [4.78, 5) is 0. The van der Waals surface area contributed by atoms with Crippen molar-refractivity contribution in [2.75, 3.05) is 0 Å². The Labute approximate surface area is 356 Å². The Morgan fingerprint density at radius 2 is 0.689 bits per heavy atom. The molecular weight excluding hydrogens is 733 g/mol. The summed E-state index contributed by atoms with van der Waals surface area (Å²) < 4.78 is 0. The Hall–Kier alpha value is -7.54.